The highest BCUT2D eigenvalue weighted by molar-refractivity contribution is 7.99. The van der Waals surface area contributed by atoms with E-state index in [2.05, 4.69) is 9.72 Å². The van der Waals surface area contributed by atoms with E-state index >= 15 is 0 Å². The third-order valence-electron chi connectivity index (χ3n) is 2.56. The Labute approximate surface area is 129 Å². The summed E-state index contributed by atoms with van der Waals surface area (Å²) in [6.07, 6.45) is 1.54. The average Bonchev–Trinajstić information content (AvgIpc) is 2.48. The van der Waals surface area contributed by atoms with Crippen LogP contribution in [0.15, 0.2) is 46.5 Å². The van der Waals surface area contributed by atoms with Gasteiger partial charge in [-0.1, -0.05) is 23.4 Å². The van der Waals surface area contributed by atoms with Crippen LogP contribution >= 0.6 is 23.4 Å². The Kier molecular flexibility index (Phi) is 4.82. The van der Waals surface area contributed by atoms with Gasteiger partial charge in [0.05, 0.1) is 23.3 Å². The van der Waals surface area contributed by atoms with Crippen molar-refractivity contribution in [3.8, 4) is 0 Å². The smallest absolute Gasteiger partial charge is 0.340 e. The molecule has 21 heavy (non-hydrogen) atoms. The number of aromatic carboxylic acids is 1. The minimum atomic E-state index is -1.11. The third kappa shape index (κ3) is 3.53. The first-order valence-electron chi connectivity index (χ1n) is 5.77. The standard InChI is InChI=1S/C14H10ClNO4S/c1-20-14(19)9-3-2-6-16-12(9)21-8-4-5-11(15)10(7-8)13(17)18/h2-7H,1H3,(H,17,18). The van der Waals surface area contributed by atoms with Crippen LogP contribution in [0, 0.1) is 0 Å². The minimum Gasteiger partial charge on any atom is -0.478 e. The summed E-state index contributed by atoms with van der Waals surface area (Å²) in [5, 5.41) is 9.64. The fourth-order valence-electron chi connectivity index (χ4n) is 1.58. The van der Waals surface area contributed by atoms with E-state index in [1.807, 2.05) is 0 Å². The van der Waals surface area contributed by atoms with E-state index in [1.54, 1.807) is 24.4 Å². The van der Waals surface area contributed by atoms with Crippen LogP contribution in [-0.2, 0) is 4.74 Å². The number of ether oxygens (including phenoxy) is 1. The number of carboxylic acid groups (broad SMARTS) is 1. The lowest BCUT2D eigenvalue weighted by molar-refractivity contribution is 0.0595. The zero-order chi connectivity index (χ0) is 15.4. The van der Waals surface area contributed by atoms with E-state index in [0.717, 1.165) is 11.8 Å². The molecule has 1 heterocycles. The monoisotopic (exact) mass is 323 g/mol. The molecule has 0 unspecified atom stereocenters. The fourth-order valence-corrected chi connectivity index (χ4v) is 2.69. The summed E-state index contributed by atoms with van der Waals surface area (Å²) in [7, 11) is 1.29. The molecule has 0 bridgehead atoms. The van der Waals surface area contributed by atoms with Gasteiger partial charge in [0.25, 0.3) is 0 Å². The van der Waals surface area contributed by atoms with Gasteiger partial charge in [-0.15, -0.1) is 0 Å². The molecule has 0 spiro atoms. The number of methoxy groups -OCH3 is 1. The van der Waals surface area contributed by atoms with Crippen molar-refractivity contribution in [3.05, 3.63) is 52.7 Å². The number of nitrogens with zero attached hydrogens (tertiary/aromatic N) is 1. The molecule has 108 valence electrons. The Balaban J connectivity index is 2.37. The molecule has 1 N–H and O–H groups in total. The van der Waals surface area contributed by atoms with Crippen molar-refractivity contribution in [1.82, 2.24) is 4.98 Å². The summed E-state index contributed by atoms with van der Waals surface area (Å²) in [4.78, 5) is 27.5. The Bertz CT molecular complexity index is 705. The number of benzene rings is 1. The molecule has 0 fully saturated rings. The van der Waals surface area contributed by atoms with Crippen molar-refractivity contribution in [2.75, 3.05) is 7.11 Å². The molecule has 0 amide bonds. The molecule has 0 aliphatic carbocycles. The highest BCUT2D eigenvalue weighted by Gasteiger charge is 2.15. The normalized spacial score (nSPS) is 10.2. The highest BCUT2D eigenvalue weighted by atomic mass is 35.5. The van der Waals surface area contributed by atoms with Crippen molar-refractivity contribution >= 4 is 35.3 Å². The third-order valence-corrected chi connectivity index (χ3v) is 3.90. The van der Waals surface area contributed by atoms with Crippen LogP contribution in [0.4, 0.5) is 0 Å². The quantitative estimate of drug-likeness (QED) is 0.869. The van der Waals surface area contributed by atoms with Crippen molar-refractivity contribution in [3.63, 3.8) is 0 Å². The maximum absolute atomic E-state index is 11.7. The van der Waals surface area contributed by atoms with Gasteiger partial charge in [-0.2, -0.15) is 0 Å². The van der Waals surface area contributed by atoms with E-state index in [4.69, 9.17) is 16.7 Å². The maximum atomic E-state index is 11.7. The van der Waals surface area contributed by atoms with Gasteiger partial charge < -0.3 is 9.84 Å². The van der Waals surface area contributed by atoms with Crippen molar-refractivity contribution in [2.45, 2.75) is 9.92 Å². The number of rotatable bonds is 4. The lowest BCUT2D eigenvalue weighted by Gasteiger charge is -2.07. The first-order chi connectivity index (χ1) is 10.0. The van der Waals surface area contributed by atoms with E-state index < -0.39 is 11.9 Å². The van der Waals surface area contributed by atoms with Gasteiger partial charge in [0.2, 0.25) is 0 Å². The molecule has 1 aromatic carbocycles. The number of carbonyl (C=O) groups is 2. The van der Waals surface area contributed by atoms with E-state index in [9.17, 15) is 9.59 Å². The summed E-state index contributed by atoms with van der Waals surface area (Å²) in [5.74, 6) is -1.62. The summed E-state index contributed by atoms with van der Waals surface area (Å²) in [6, 6.07) is 7.81. The summed E-state index contributed by atoms with van der Waals surface area (Å²) in [5.41, 5.74) is 0.314. The van der Waals surface area contributed by atoms with Gasteiger partial charge in [-0.3, -0.25) is 0 Å². The van der Waals surface area contributed by atoms with Crippen LogP contribution in [-0.4, -0.2) is 29.1 Å². The van der Waals surface area contributed by atoms with Crippen LogP contribution in [0.3, 0.4) is 0 Å². The zero-order valence-corrected chi connectivity index (χ0v) is 12.4. The van der Waals surface area contributed by atoms with Crippen molar-refractivity contribution in [2.24, 2.45) is 0 Å². The summed E-state index contributed by atoms with van der Waals surface area (Å²) in [6.45, 7) is 0. The Morgan fingerprint density at radius 2 is 2.05 bits per heavy atom. The highest BCUT2D eigenvalue weighted by Crippen LogP contribution is 2.31. The molecule has 0 aliphatic heterocycles. The van der Waals surface area contributed by atoms with E-state index in [1.165, 1.54) is 19.2 Å². The van der Waals surface area contributed by atoms with Crippen molar-refractivity contribution in [1.29, 1.82) is 0 Å². The molecule has 0 radical (unpaired) electrons. The number of carbonyl (C=O) groups excluding carboxylic acids is 1. The Morgan fingerprint density at radius 1 is 1.29 bits per heavy atom. The molecular formula is C14H10ClNO4S. The number of carboxylic acids is 1. The van der Waals surface area contributed by atoms with Gasteiger partial charge in [-0.25, -0.2) is 14.6 Å². The molecular weight excluding hydrogens is 314 g/mol. The lowest BCUT2D eigenvalue weighted by Crippen LogP contribution is -2.04. The number of hydrogen-bond acceptors (Lipinski definition) is 5. The molecule has 5 nitrogen and oxygen atoms in total. The second-order valence-electron chi connectivity index (χ2n) is 3.90. The Morgan fingerprint density at radius 3 is 2.71 bits per heavy atom. The Hall–Kier alpha value is -2.05. The summed E-state index contributed by atoms with van der Waals surface area (Å²) >= 11 is 6.98. The first kappa shape index (κ1) is 15.3. The first-order valence-corrected chi connectivity index (χ1v) is 6.96. The maximum Gasteiger partial charge on any atom is 0.340 e. The lowest BCUT2D eigenvalue weighted by atomic mass is 10.2. The number of halogens is 1. The second-order valence-corrected chi connectivity index (χ2v) is 5.37. The molecule has 2 aromatic rings. The van der Waals surface area contributed by atoms with Crippen molar-refractivity contribution < 1.29 is 19.4 Å². The number of aromatic nitrogens is 1. The average molecular weight is 324 g/mol. The summed E-state index contributed by atoms with van der Waals surface area (Å²) < 4.78 is 4.69. The van der Waals surface area contributed by atoms with Gasteiger partial charge in [0.15, 0.2) is 0 Å². The fraction of sp³-hybridized carbons (Fsp3) is 0.0714. The predicted octanol–water partition coefficient (Wildman–Crippen LogP) is 3.37. The molecule has 0 saturated heterocycles. The molecule has 7 heteroatoms. The zero-order valence-electron chi connectivity index (χ0n) is 10.9. The van der Waals surface area contributed by atoms with E-state index in [0.29, 0.717) is 15.5 Å². The van der Waals surface area contributed by atoms with Crippen LogP contribution in [0.5, 0.6) is 0 Å². The minimum absolute atomic E-state index is 0.00258. The van der Waals surface area contributed by atoms with Crippen LogP contribution in [0.2, 0.25) is 5.02 Å². The van der Waals surface area contributed by atoms with Gasteiger partial charge in [-0.05, 0) is 30.3 Å². The molecule has 0 saturated carbocycles. The molecule has 0 aliphatic rings. The largest absolute Gasteiger partial charge is 0.478 e. The molecule has 2 rings (SSSR count). The molecule has 0 atom stereocenters. The van der Waals surface area contributed by atoms with Gasteiger partial charge in [0, 0.05) is 11.1 Å². The van der Waals surface area contributed by atoms with Crippen LogP contribution < -0.4 is 0 Å². The number of pyridine rings is 1. The molecule has 1 aromatic heterocycles. The predicted molar refractivity (Wildman–Crippen MR) is 78.1 cm³/mol. The van der Waals surface area contributed by atoms with Crippen LogP contribution in [0.1, 0.15) is 20.7 Å². The topological polar surface area (TPSA) is 76.5 Å². The van der Waals surface area contributed by atoms with E-state index in [-0.39, 0.29) is 10.6 Å². The SMILES string of the molecule is COC(=O)c1cccnc1Sc1ccc(Cl)c(C(=O)O)c1. The number of esters is 1. The van der Waals surface area contributed by atoms with Gasteiger partial charge >= 0.3 is 11.9 Å². The second kappa shape index (κ2) is 6.60. The van der Waals surface area contributed by atoms with Gasteiger partial charge in [0.1, 0.15) is 5.03 Å². The van der Waals surface area contributed by atoms with Crippen LogP contribution in [0.25, 0.3) is 0 Å². The number of hydrogen-bond donors (Lipinski definition) is 1.